The highest BCUT2D eigenvalue weighted by Gasteiger charge is 2.14. The van der Waals surface area contributed by atoms with Crippen molar-refractivity contribution in [2.24, 2.45) is 4.99 Å². The molecule has 1 fully saturated rings. The monoisotopic (exact) mass is 487 g/mol. The predicted octanol–water partition coefficient (Wildman–Crippen LogP) is 3.31. The summed E-state index contributed by atoms with van der Waals surface area (Å²) in [5.74, 6) is 0.826. The second kappa shape index (κ2) is 13.2. The van der Waals surface area contributed by atoms with Gasteiger partial charge in [0.25, 0.3) is 0 Å². The van der Waals surface area contributed by atoms with Crippen LogP contribution in [0.1, 0.15) is 24.1 Å². The van der Waals surface area contributed by atoms with Crippen molar-refractivity contribution in [2.75, 3.05) is 40.0 Å². The maximum Gasteiger partial charge on any atom is 0.190 e. The highest BCUT2D eigenvalue weighted by atomic mass is 127. The van der Waals surface area contributed by atoms with Gasteiger partial charge in [0.05, 0.1) is 17.0 Å². The fraction of sp³-hybridized carbons (Fsp3) is 0.688. The molecule has 0 amide bonds. The number of guanidine groups is 1. The first kappa shape index (κ1) is 22.0. The summed E-state index contributed by atoms with van der Waals surface area (Å²) < 4.78 is 12.0. The molecule has 8 heteroatoms. The van der Waals surface area contributed by atoms with E-state index in [4.69, 9.17) is 21.1 Å². The zero-order chi connectivity index (χ0) is 16.3. The third kappa shape index (κ3) is 8.84. The van der Waals surface area contributed by atoms with Crippen LogP contribution in [0.15, 0.2) is 17.1 Å². The van der Waals surface area contributed by atoms with Crippen LogP contribution in [0.25, 0.3) is 0 Å². The lowest BCUT2D eigenvalue weighted by Gasteiger charge is -2.12. The number of ether oxygens (including phenoxy) is 2. The summed E-state index contributed by atoms with van der Waals surface area (Å²) in [4.78, 5) is 5.49. The van der Waals surface area contributed by atoms with Gasteiger partial charge in [0.2, 0.25) is 0 Å². The van der Waals surface area contributed by atoms with Crippen molar-refractivity contribution in [2.45, 2.75) is 31.8 Å². The molecule has 1 atom stereocenters. The largest absolute Gasteiger partial charge is 0.379 e. The molecule has 5 nitrogen and oxygen atoms in total. The van der Waals surface area contributed by atoms with Crippen LogP contribution in [-0.2, 0) is 15.9 Å². The third-order valence-corrected chi connectivity index (χ3v) is 4.89. The van der Waals surface area contributed by atoms with Crippen LogP contribution in [0.4, 0.5) is 0 Å². The molecule has 0 bridgehead atoms. The molecule has 1 unspecified atom stereocenters. The third-order valence-electron chi connectivity index (χ3n) is 3.60. The molecule has 0 aliphatic carbocycles. The minimum absolute atomic E-state index is 0. The normalized spacial score (nSPS) is 17.6. The van der Waals surface area contributed by atoms with Gasteiger partial charge in [-0.25, -0.2) is 0 Å². The van der Waals surface area contributed by atoms with Crippen LogP contribution in [0.5, 0.6) is 0 Å². The molecular weight excluding hydrogens is 461 g/mol. The topological polar surface area (TPSA) is 54.9 Å². The molecule has 1 aliphatic heterocycles. The second-order valence-electron chi connectivity index (χ2n) is 5.45. The first-order valence-electron chi connectivity index (χ1n) is 8.16. The van der Waals surface area contributed by atoms with E-state index >= 15 is 0 Å². The van der Waals surface area contributed by atoms with E-state index in [2.05, 4.69) is 21.7 Å². The minimum Gasteiger partial charge on any atom is -0.379 e. The summed E-state index contributed by atoms with van der Waals surface area (Å²) in [5.41, 5.74) is 0. The van der Waals surface area contributed by atoms with Gasteiger partial charge >= 0.3 is 0 Å². The van der Waals surface area contributed by atoms with Gasteiger partial charge in [0, 0.05) is 38.2 Å². The standard InChI is InChI=1S/C16H26ClN3O2S.HI/c1-18-16(20-9-7-14-5-6-15(17)23-14)19-8-3-10-21-12-13-4-2-11-22-13;/h5-6,13H,2-4,7-12H2,1H3,(H2,18,19,20);1H. The van der Waals surface area contributed by atoms with Crippen LogP contribution >= 0.6 is 46.9 Å². The Morgan fingerprint density at radius 2 is 2.25 bits per heavy atom. The van der Waals surface area contributed by atoms with Crippen molar-refractivity contribution in [3.63, 3.8) is 0 Å². The van der Waals surface area contributed by atoms with E-state index in [1.165, 1.54) is 4.88 Å². The molecule has 0 aromatic carbocycles. The molecule has 1 aromatic heterocycles. The van der Waals surface area contributed by atoms with Crippen molar-refractivity contribution >= 4 is 52.9 Å². The first-order chi connectivity index (χ1) is 11.3. The van der Waals surface area contributed by atoms with Crippen LogP contribution in [0, 0.1) is 0 Å². The molecule has 138 valence electrons. The average molecular weight is 488 g/mol. The summed E-state index contributed by atoms with van der Waals surface area (Å²) in [5, 5.41) is 6.60. The van der Waals surface area contributed by atoms with E-state index in [1.807, 2.05) is 6.07 Å². The van der Waals surface area contributed by atoms with E-state index < -0.39 is 0 Å². The zero-order valence-electron chi connectivity index (χ0n) is 14.1. The molecule has 0 spiro atoms. The number of aliphatic imine (C=N–C) groups is 1. The molecule has 2 N–H and O–H groups in total. The number of hydrogen-bond donors (Lipinski definition) is 2. The second-order valence-corrected chi connectivity index (χ2v) is 7.24. The smallest absolute Gasteiger partial charge is 0.190 e. The molecule has 2 rings (SSSR count). The number of thiophene rings is 1. The average Bonchev–Trinajstić information content (AvgIpc) is 3.20. The van der Waals surface area contributed by atoms with Crippen molar-refractivity contribution in [1.82, 2.24) is 10.6 Å². The van der Waals surface area contributed by atoms with Gasteiger partial charge < -0.3 is 20.1 Å². The fourth-order valence-electron chi connectivity index (χ4n) is 2.38. The maximum atomic E-state index is 5.92. The number of rotatable bonds is 9. The number of hydrogen-bond acceptors (Lipinski definition) is 4. The minimum atomic E-state index is 0. The Balaban J connectivity index is 0.00000288. The molecule has 0 saturated carbocycles. The number of nitrogens with one attached hydrogen (secondary N) is 2. The molecule has 1 aliphatic rings. The molecule has 0 radical (unpaired) electrons. The van der Waals surface area contributed by atoms with Crippen molar-refractivity contribution < 1.29 is 9.47 Å². The van der Waals surface area contributed by atoms with Crippen molar-refractivity contribution in [3.05, 3.63) is 21.3 Å². The Morgan fingerprint density at radius 3 is 2.92 bits per heavy atom. The summed E-state index contributed by atoms with van der Waals surface area (Å²) >= 11 is 7.55. The van der Waals surface area contributed by atoms with E-state index in [-0.39, 0.29) is 24.0 Å². The predicted molar refractivity (Wildman–Crippen MR) is 112 cm³/mol. The molecule has 1 saturated heterocycles. The van der Waals surface area contributed by atoms with Crippen LogP contribution in [-0.4, -0.2) is 52.0 Å². The van der Waals surface area contributed by atoms with Crippen LogP contribution in [0.2, 0.25) is 4.34 Å². The molecule has 1 aromatic rings. The van der Waals surface area contributed by atoms with Crippen LogP contribution in [0.3, 0.4) is 0 Å². The Morgan fingerprint density at radius 1 is 1.42 bits per heavy atom. The van der Waals surface area contributed by atoms with E-state index in [0.29, 0.717) is 6.10 Å². The van der Waals surface area contributed by atoms with Gasteiger partial charge in [-0.2, -0.15) is 0 Å². The van der Waals surface area contributed by atoms with Gasteiger partial charge in [-0.05, 0) is 37.8 Å². The Kier molecular flexibility index (Phi) is 12.0. The highest BCUT2D eigenvalue weighted by Crippen LogP contribution is 2.21. The van der Waals surface area contributed by atoms with Gasteiger partial charge in [0.15, 0.2) is 5.96 Å². The maximum absolute atomic E-state index is 5.92. The van der Waals surface area contributed by atoms with E-state index in [0.717, 1.165) is 68.9 Å². The van der Waals surface area contributed by atoms with Crippen molar-refractivity contribution in [3.8, 4) is 0 Å². The summed E-state index contributed by atoms with van der Waals surface area (Å²) in [6.07, 6.45) is 4.50. The van der Waals surface area contributed by atoms with Gasteiger partial charge in [-0.15, -0.1) is 35.3 Å². The van der Waals surface area contributed by atoms with Gasteiger partial charge in [-0.1, -0.05) is 11.6 Å². The lowest BCUT2D eigenvalue weighted by atomic mass is 10.2. The highest BCUT2D eigenvalue weighted by molar-refractivity contribution is 14.0. The SMILES string of the molecule is CN=C(NCCCOCC1CCCO1)NCCc1ccc(Cl)s1.I. The lowest BCUT2D eigenvalue weighted by molar-refractivity contribution is 0.0168. The molecule has 24 heavy (non-hydrogen) atoms. The Labute approximate surface area is 170 Å². The Bertz CT molecular complexity index is 482. The summed E-state index contributed by atoms with van der Waals surface area (Å²) in [6, 6.07) is 4.00. The number of nitrogens with zero attached hydrogens (tertiary/aromatic N) is 1. The summed E-state index contributed by atoms with van der Waals surface area (Å²) in [6.45, 7) is 4.03. The molecular formula is C16H27ClIN3O2S. The molecule has 2 heterocycles. The summed E-state index contributed by atoms with van der Waals surface area (Å²) in [7, 11) is 1.78. The Hall–Kier alpha value is -0.0900. The van der Waals surface area contributed by atoms with Crippen molar-refractivity contribution in [1.29, 1.82) is 0 Å². The number of halogens is 2. The van der Waals surface area contributed by atoms with Gasteiger partial charge in [-0.3, -0.25) is 4.99 Å². The fourth-order valence-corrected chi connectivity index (χ4v) is 3.47. The zero-order valence-corrected chi connectivity index (χ0v) is 18.0. The van der Waals surface area contributed by atoms with E-state index in [1.54, 1.807) is 18.4 Å². The quantitative estimate of drug-likeness (QED) is 0.243. The lowest BCUT2D eigenvalue weighted by Crippen LogP contribution is -2.39. The van der Waals surface area contributed by atoms with Gasteiger partial charge in [0.1, 0.15) is 0 Å². The first-order valence-corrected chi connectivity index (χ1v) is 9.35. The van der Waals surface area contributed by atoms with Crippen LogP contribution < -0.4 is 10.6 Å². The van der Waals surface area contributed by atoms with E-state index in [9.17, 15) is 0 Å².